The third kappa shape index (κ3) is 4.31. The quantitative estimate of drug-likeness (QED) is 0.871. The molecular formula is C20H23FN2O4. The standard InChI is InChI=1S/C20H23FN2O4/c1-26-15-4-5-16(18(24)12-15)20(25)23-9-7-22(8-10-23)13-14-3-6-19(27-2)17(21)11-14/h3-6,11-12,24H,7-10,13H2,1-2H3. The van der Waals surface area contributed by atoms with Gasteiger partial charge < -0.3 is 19.5 Å². The summed E-state index contributed by atoms with van der Waals surface area (Å²) in [5.74, 6) is 0.0636. The zero-order valence-corrected chi connectivity index (χ0v) is 15.4. The highest BCUT2D eigenvalue weighted by Crippen LogP contribution is 2.25. The number of halogens is 1. The van der Waals surface area contributed by atoms with Crippen LogP contribution in [-0.2, 0) is 6.54 Å². The maximum atomic E-state index is 13.8. The van der Waals surface area contributed by atoms with Gasteiger partial charge in [-0.1, -0.05) is 6.07 Å². The van der Waals surface area contributed by atoms with Crippen molar-refractivity contribution < 1.29 is 23.8 Å². The first-order valence-corrected chi connectivity index (χ1v) is 8.73. The third-order valence-electron chi connectivity index (χ3n) is 4.72. The van der Waals surface area contributed by atoms with E-state index in [0.29, 0.717) is 38.5 Å². The average molecular weight is 374 g/mol. The summed E-state index contributed by atoms with van der Waals surface area (Å²) in [6.07, 6.45) is 0. The summed E-state index contributed by atoms with van der Waals surface area (Å²) in [6.45, 7) is 3.05. The Hall–Kier alpha value is -2.80. The fraction of sp³-hybridized carbons (Fsp3) is 0.350. The van der Waals surface area contributed by atoms with Crippen molar-refractivity contribution in [2.24, 2.45) is 0 Å². The third-order valence-corrected chi connectivity index (χ3v) is 4.72. The lowest BCUT2D eigenvalue weighted by Crippen LogP contribution is -2.48. The Kier molecular flexibility index (Phi) is 5.81. The second kappa shape index (κ2) is 8.26. The molecule has 1 heterocycles. The molecule has 144 valence electrons. The molecule has 7 heteroatoms. The molecule has 1 amide bonds. The van der Waals surface area contributed by atoms with E-state index in [9.17, 15) is 14.3 Å². The van der Waals surface area contributed by atoms with E-state index in [1.54, 1.807) is 23.1 Å². The second-order valence-corrected chi connectivity index (χ2v) is 6.42. The van der Waals surface area contributed by atoms with Crippen LogP contribution >= 0.6 is 0 Å². The lowest BCUT2D eigenvalue weighted by Gasteiger charge is -2.35. The molecule has 1 aliphatic rings. The number of aromatic hydroxyl groups is 1. The summed E-state index contributed by atoms with van der Waals surface area (Å²) >= 11 is 0. The van der Waals surface area contributed by atoms with Gasteiger partial charge in [0.25, 0.3) is 5.91 Å². The molecule has 2 aromatic rings. The van der Waals surface area contributed by atoms with Crippen LogP contribution in [0.5, 0.6) is 17.2 Å². The van der Waals surface area contributed by atoms with Gasteiger partial charge in [0.05, 0.1) is 19.8 Å². The minimum absolute atomic E-state index is 0.0875. The lowest BCUT2D eigenvalue weighted by molar-refractivity contribution is 0.0625. The van der Waals surface area contributed by atoms with E-state index in [0.717, 1.165) is 5.56 Å². The van der Waals surface area contributed by atoms with E-state index in [-0.39, 0.29) is 28.8 Å². The number of carbonyl (C=O) groups excluding carboxylic acids is 1. The molecule has 1 saturated heterocycles. The maximum absolute atomic E-state index is 13.8. The van der Waals surface area contributed by atoms with Gasteiger partial charge in [-0.25, -0.2) is 4.39 Å². The number of benzene rings is 2. The first-order chi connectivity index (χ1) is 13.0. The molecule has 0 atom stereocenters. The number of ether oxygens (including phenoxy) is 2. The smallest absolute Gasteiger partial charge is 0.257 e. The number of carbonyl (C=O) groups is 1. The molecule has 0 bridgehead atoms. The minimum Gasteiger partial charge on any atom is -0.507 e. The predicted molar refractivity (Wildman–Crippen MR) is 98.8 cm³/mol. The minimum atomic E-state index is -0.376. The van der Waals surface area contributed by atoms with Crippen LogP contribution in [0.15, 0.2) is 36.4 Å². The van der Waals surface area contributed by atoms with E-state index in [1.165, 1.54) is 26.4 Å². The number of phenolic OH excluding ortho intramolecular Hbond substituents is 1. The molecule has 0 radical (unpaired) electrons. The number of amides is 1. The summed E-state index contributed by atoms with van der Waals surface area (Å²) in [6, 6.07) is 9.60. The van der Waals surface area contributed by atoms with Gasteiger partial charge in [0.15, 0.2) is 11.6 Å². The molecule has 1 N–H and O–H groups in total. The number of methoxy groups -OCH3 is 2. The molecule has 0 saturated carbocycles. The second-order valence-electron chi connectivity index (χ2n) is 6.42. The molecule has 0 spiro atoms. The Morgan fingerprint density at radius 1 is 1.07 bits per heavy atom. The molecule has 6 nitrogen and oxygen atoms in total. The lowest BCUT2D eigenvalue weighted by atomic mass is 10.1. The van der Waals surface area contributed by atoms with Crippen molar-refractivity contribution in [3.63, 3.8) is 0 Å². The topological polar surface area (TPSA) is 62.2 Å². The van der Waals surface area contributed by atoms with Gasteiger partial charge >= 0.3 is 0 Å². The summed E-state index contributed by atoms with van der Waals surface area (Å²) in [4.78, 5) is 16.5. The first kappa shape index (κ1) is 19.0. The number of piperazine rings is 1. The molecule has 1 aliphatic heterocycles. The zero-order valence-electron chi connectivity index (χ0n) is 15.4. The molecular weight excluding hydrogens is 351 g/mol. The van der Waals surface area contributed by atoms with Crippen LogP contribution < -0.4 is 9.47 Å². The average Bonchev–Trinajstić information content (AvgIpc) is 2.68. The van der Waals surface area contributed by atoms with Crippen LogP contribution in [0.25, 0.3) is 0 Å². The van der Waals surface area contributed by atoms with Crippen LogP contribution in [0, 0.1) is 5.82 Å². The largest absolute Gasteiger partial charge is 0.507 e. The molecule has 0 aromatic heterocycles. The van der Waals surface area contributed by atoms with Gasteiger partial charge in [0.2, 0.25) is 0 Å². The molecule has 3 rings (SSSR count). The van der Waals surface area contributed by atoms with Crippen molar-refractivity contribution in [3.05, 3.63) is 53.3 Å². The van der Waals surface area contributed by atoms with E-state index in [4.69, 9.17) is 9.47 Å². The van der Waals surface area contributed by atoms with Gasteiger partial charge in [-0.15, -0.1) is 0 Å². The Balaban J connectivity index is 1.58. The number of nitrogens with zero attached hydrogens (tertiary/aromatic N) is 2. The molecule has 0 unspecified atom stereocenters. The summed E-state index contributed by atoms with van der Waals surface area (Å²) in [5, 5.41) is 10.1. The van der Waals surface area contributed by atoms with Crippen LogP contribution in [0.4, 0.5) is 4.39 Å². The SMILES string of the molecule is COc1ccc(C(=O)N2CCN(Cc3ccc(OC)c(F)c3)CC2)c(O)c1. The van der Waals surface area contributed by atoms with Gasteiger partial charge in [-0.05, 0) is 29.8 Å². The van der Waals surface area contributed by atoms with Crippen LogP contribution in [-0.4, -0.2) is 61.2 Å². The van der Waals surface area contributed by atoms with Crippen LogP contribution in [0.2, 0.25) is 0 Å². The van der Waals surface area contributed by atoms with Crippen molar-refractivity contribution in [2.45, 2.75) is 6.54 Å². The van der Waals surface area contributed by atoms with Gasteiger partial charge in [-0.2, -0.15) is 0 Å². The Morgan fingerprint density at radius 3 is 2.41 bits per heavy atom. The van der Waals surface area contributed by atoms with Crippen molar-refractivity contribution in [1.82, 2.24) is 9.80 Å². The molecule has 1 fully saturated rings. The van der Waals surface area contributed by atoms with E-state index in [1.807, 2.05) is 6.07 Å². The molecule has 0 aliphatic carbocycles. The van der Waals surface area contributed by atoms with E-state index in [2.05, 4.69) is 4.90 Å². The number of phenols is 1. The van der Waals surface area contributed by atoms with Crippen molar-refractivity contribution in [2.75, 3.05) is 40.4 Å². The van der Waals surface area contributed by atoms with Crippen LogP contribution in [0.3, 0.4) is 0 Å². The fourth-order valence-electron chi connectivity index (χ4n) is 3.17. The molecule has 27 heavy (non-hydrogen) atoms. The van der Waals surface area contributed by atoms with Gasteiger partial charge in [0.1, 0.15) is 11.5 Å². The normalized spacial score (nSPS) is 14.9. The number of hydrogen-bond donors (Lipinski definition) is 1. The summed E-state index contributed by atoms with van der Waals surface area (Å²) in [7, 11) is 2.94. The number of rotatable bonds is 5. The summed E-state index contributed by atoms with van der Waals surface area (Å²) < 4.78 is 23.8. The molecule has 2 aromatic carbocycles. The highest BCUT2D eigenvalue weighted by molar-refractivity contribution is 5.97. The van der Waals surface area contributed by atoms with Gasteiger partial charge in [0, 0.05) is 38.8 Å². The Labute approximate surface area is 157 Å². The fourth-order valence-corrected chi connectivity index (χ4v) is 3.17. The Bertz CT molecular complexity index is 820. The summed E-state index contributed by atoms with van der Waals surface area (Å²) in [5.41, 5.74) is 1.13. The van der Waals surface area contributed by atoms with Crippen molar-refractivity contribution >= 4 is 5.91 Å². The highest BCUT2D eigenvalue weighted by atomic mass is 19.1. The monoisotopic (exact) mass is 374 g/mol. The maximum Gasteiger partial charge on any atom is 0.257 e. The predicted octanol–water partition coefficient (Wildman–Crippen LogP) is 2.51. The van der Waals surface area contributed by atoms with Crippen molar-refractivity contribution in [3.8, 4) is 17.2 Å². The van der Waals surface area contributed by atoms with Gasteiger partial charge in [-0.3, -0.25) is 9.69 Å². The van der Waals surface area contributed by atoms with E-state index >= 15 is 0 Å². The Morgan fingerprint density at radius 2 is 1.81 bits per heavy atom. The van der Waals surface area contributed by atoms with Crippen molar-refractivity contribution in [1.29, 1.82) is 0 Å². The highest BCUT2D eigenvalue weighted by Gasteiger charge is 2.24. The van der Waals surface area contributed by atoms with Crippen LogP contribution in [0.1, 0.15) is 15.9 Å². The number of hydrogen-bond acceptors (Lipinski definition) is 5. The van der Waals surface area contributed by atoms with E-state index < -0.39 is 0 Å². The zero-order chi connectivity index (χ0) is 19.4. The first-order valence-electron chi connectivity index (χ1n) is 8.73.